The molecule has 0 fully saturated rings. The van der Waals surface area contributed by atoms with Gasteiger partial charge in [-0.3, -0.25) is 9.59 Å². The van der Waals surface area contributed by atoms with Gasteiger partial charge in [-0.05, 0) is 69.0 Å². The highest BCUT2D eigenvalue weighted by molar-refractivity contribution is 6.05. The number of methoxy groups -OCH3 is 1. The molecule has 1 aliphatic carbocycles. The van der Waals surface area contributed by atoms with Crippen LogP contribution in [0.3, 0.4) is 0 Å². The van der Waals surface area contributed by atoms with E-state index in [4.69, 9.17) is 14.9 Å². The lowest BCUT2D eigenvalue weighted by molar-refractivity contribution is -0.111. The fourth-order valence-electron chi connectivity index (χ4n) is 4.26. The number of hydrogen-bond acceptors (Lipinski definition) is 4. The van der Waals surface area contributed by atoms with Crippen molar-refractivity contribution in [3.05, 3.63) is 64.4 Å². The summed E-state index contributed by atoms with van der Waals surface area (Å²) in [5, 5.41) is 3.93. The Kier molecular flexibility index (Phi) is 5.55. The Morgan fingerprint density at radius 2 is 1.87 bits per heavy atom. The number of fused-ring (bicyclic) bond motifs is 3. The first kappa shape index (κ1) is 20.7. The molecule has 0 atom stereocenters. The molecule has 31 heavy (non-hydrogen) atoms. The number of anilines is 1. The van der Waals surface area contributed by atoms with Gasteiger partial charge in [-0.2, -0.15) is 0 Å². The second-order valence-electron chi connectivity index (χ2n) is 7.93. The number of allylic oxidation sites excluding steroid dienone is 1. The van der Waals surface area contributed by atoms with Gasteiger partial charge in [-0.25, -0.2) is 0 Å². The Morgan fingerprint density at radius 1 is 1.16 bits per heavy atom. The van der Waals surface area contributed by atoms with Crippen molar-refractivity contribution in [2.24, 2.45) is 5.73 Å². The van der Waals surface area contributed by atoms with Crippen LogP contribution >= 0.6 is 0 Å². The van der Waals surface area contributed by atoms with E-state index < -0.39 is 5.91 Å². The van der Waals surface area contributed by atoms with Gasteiger partial charge in [-0.1, -0.05) is 0 Å². The third-order valence-electron chi connectivity index (χ3n) is 5.84. The van der Waals surface area contributed by atoms with Crippen molar-refractivity contribution in [1.29, 1.82) is 0 Å². The van der Waals surface area contributed by atoms with Gasteiger partial charge >= 0.3 is 0 Å². The number of ether oxygens (including phenoxy) is 1. The topological polar surface area (TPSA) is 94.6 Å². The average Bonchev–Trinajstić information content (AvgIpc) is 3.13. The van der Waals surface area contributed by atoms with Gasteiger partial charge in [0.2, 0.25) is 11.8 Å². The summed E-state index contributed by atoms with van der Waals surface area (Å²) in [6, 6.07) is 8.54. The van der Waals surface area contributed by atoms with Crippen molar-refractivity contribution in [2.45, 2.75) is 39.5 Å². The summed E-state index contributed by atoms with van der Waals surface area (Å²) in [6.07, 6.45) is 5.84. The molecule has 0 saturated carbocycles. The zero-order valence-corrected chi connectivity index (χ0v) is 18.0. The summed E-state index contributed by atoms with van der Waals surface area (Å²) >= 11 is 0. The molecular weight excluding hydrogens is 392 g/mol. The third kappa shape index (κ3) is 3.93. The van der Waals surface area contributed by atoms with Gasteiger partial charge in [0, 0.05) is 45.8 Å². The molecule has 2 aromatic carbocycles. The molecule has 160 valence electrons. The highest BCUT2D eigenvalue weighted by Gasteiger charge is 2.23. The van der Waals surface area contributed by atoms with E-state index >= 15 is 0 Å². The molecule has 0 bridgehead atoms. The summed E-state index contributed by atoms with van der Waals surface area (Å²) in [6.45, 7) is 3.89. The van der Waals surface area contributed by atoms with Crippen LogP contribution in [0.2, 0.25) is 0 Å². The number of hydrogen-bond donors (Lipinski definition) is 2. The van der Waals surface area contributed by atoms with E-state index in [2.05, 4.69) is 11.4 Å². The SMILES string of the molecule is COc1c(/C(C)=C/C(=O)Nc2ccc(C(N)=O)cc2)cc2c3c(oc2c1C)CCCC3. The lowest BCUT2D eigenvalue weighted by Crippen LogP contribution is -2.12. The van der Waals surface area contributed by atoms with Gasteiger partial charge < -0.3 is 20.2 Å². The summed E-state index contributed by atoms with van der Waals surface area (Å²) < 4.78 is 11.9. The largest absolute Gasteiger partial charge is 0.496 e. The highest BCUT2D eigenvalue weighted by atomic mass is 16.5. The number of rotatable bonds is 5. The van der Waals surface area contributed by atoms with Crippen molar-refractivity contribution in [3.63, 3.8) is 0 Å². The van der Waals surface area contributed by atoms with Crippen molar-refractivity contribution in [1.82, 2.24) is 0 Å². The van der Waals surface area contributed by atoms with Crippen LogP contribution in [0.25, 0.3) is 16.5 Å². The average molecular weight is 418 g/mol. The fraction of sp³-hybridized carbons (Fsp3) is 0.280. The lowest BCUT2D eigenvalue weighted by Gasteiger charge is -2.13. The quantitative estimate of drug-likeness (QED) is 0.584. The number of carbonyl (C=O) groups excluding carboxylic acids is 2. The Hall–Kier alpha value is -3.54. The molecule has 1 heterocycles. The van der Waals surface area contributed by atoms with Crippen molar-refractivity contribution in [3.8, 4) is 5.75 Å². The van der Waals surface area contributed by atoms with E-state index in [9.17, 15) is 9.59 Å². The minimum Gasteiger partial charge on any atom is -0.496 e. The molecule has 1 aliphatic rings. The second-order valence-corrected chi connectivity index (χ2v) is 7.93. The molecule has 0 radical (unpaired) electrons. The van der Waals surface area contributed by atoms with Crippen LogP contribution < -0.4 is 15.8 Å². The maximum atomic E-state index is 12.6. The van der Waals surface area contributed by atoms with Crippen LogP contribution in [0, 0.1) is 6.92 Å². The number of nitrogens with one attached hydrogen (secondary N) is 1. The molecule has 0 aliphatic heterocycles. The molecule has 2 amide bonds. The molecule has 0 spiro atoms. The second kappa shape index (κ2) is 8.30. The summed E-state index contributed by atoms with van der Waals surface area (Å²) in [7, 11) is 1.63. The predicted octanol–water partition coefficient (Wildman–Crippen LogP) is 4.77. The van der Waals surface area contributed by atoms with Crippen LogP contribution in [0.4, 0.5) is 5.69 Å². The van der Waals surface area contributed by atoms with E-state index in [1.807, 2.05) is 13.8 Å². The molecular formula is C25H26N2O4. The third-order valence-corrected chi connectivity index (χ3v) is 5.84. The molecule has 6 heteroatoms. The Labute approximate surface area is 181 Å². The predicted molar refractivity (Wildman–Crippen MR) is 121 cm³/mol. The monoisotopic (exact) mass is 418 g/mol. The van der Waals surface area contributed by atoms with Crippen LogP contribution in [0.5, 0.6) is 5.75 Å². The number of furan rings is 1. The Bertz CT molecular complexity index is 1200. The maximum Gasteiger partial charge on any atom is 0.248 e. The van der Waals surface area contributed by atoms with Gasteiger partial charge in [0.1, 0.15) is 17.1 Å². The minimum atomic E-state index is -0.507. The van der Waals surface area contributed by atoms with Gasteiger partial charge in [0.05, 0.1) is 7.11 Å². The molecule has 3 N–H and O–H groups in total. The van der Waals surface area contributed by atoms with Crippen molar-refractivity contribution >= 4 is 34.0 Å². The van der Waals surface area contributed by atoms with E-state index in [1.165, 1.54) is 5.56 Å². The van der Waals surface area contributed by atoms with E-state index in [0.29, 0.717) is 17.0 Å². The van der Waals surface area contributed by atoms with E-state index in [-0.39, 0.29) is 5.91 Å². The van der Waals surface area contributed by atoms with E-state index in [1.54, 1.807) is 37.5 Å². The fourth-order valence-corrected chi connectivity index (χ4v) is 4.26. The molecule has 4 rings (SSSR count). The van der Waals surface area contributed by atoms with Crippen molar-refractivity contribution in [2.75, 3.05) is 12.4 Å². The van der Waals surface area contributed by atoms with Gasteiger partial charge in [0.25, 0.3) is 0 Å². The number of aryl methyl sites for hydroxylation is 3. The number of nitrogens with two attached hydrogens (primary N) is 1. The molecule has 0 unspecified atom stereocenters. The number of benzene rings is 2. The molecule has 0 saturated heterocycles. The summed E-state index contributed by atoms with van der Waals surface area (Å²) in [5.74, 6) is 1.01. The number of carbonyl (C=O) groups is 2. The zero-order valence-electron chi connectivity index (χ0n) is 18.0. The standard InChI is InChI=1S/C25H26N2O4/c1-14(12-22(28)27-17-10-8-16(9-11-17)25(26)29)19-13-20-18-6-4-5-7-21(18)31-24(20)15(2)23(19)30-3/h8-13H,4-7H2,1-3H3,(H2,26,29)(H,27,28)/b14-12+. The number of primary amides is 1. The van der Waals surface area contributed by atoms with Gasteiger partial charge in [0.15, 0.2) is 0 Å². The van der Waals surface area contributed by atoms with Gasteiger partial charge in [-0.15, -0.1) is 0 Å². The molecule has 3 aromatic rings. The Morgan fingerprint density at radius 3 is 2.55 bits per heavy atom. The highest BCUT2D eigenvalue weighted by Crippen LogP contribution is 2.41. The summed E-state index contributed by atoms with van der Waals surface area (Å²) in [4.78, 5) is 23.8. The first-order valence-electron chi connectivity index (χ1n) is 10.4. The summed E-state index contributed by atoms with van der Waals surface area (Å²) in [5.41, 5.74) is 11.0. The van der Waals surface area contributed by atoms with Crippen molar-refractivity contribution < 1.29 is 18.7 Å². The Balaban J connectivity index is 1.67. The van der Waals surface area contributed by atoms with Crippen LogP contribution in [0.1, 0.15) is 52.6 Å². The minimum absolute atomic E-state index is 0.265. The molecule has 6 nitrogen and oxygen atoms in total. The first-order valence-corrected chi connectivity index (χ1v) is 10.4. The zero-order chi connectivity index (χ0) is 22.1. The lowest BCUT2D eigenvalue weighted by atomic mass is 9.93. The number of amides is 2. The van der Waals surface area contributed by atoms with Crippen LogP contribution in [-0.4, -0.2) is 18.9 Å². The van der Waals surface area contributed by atoms with E-state index in [0.717, 1.165) is 59.1 Å². The van der Waals surface area contributed by atoms with Crippen LogP contribution in [0.15, 0.2) is 40.8 Å². The first-order chi connectivity index (χ1) is 14.9. The molecule has 1 aromatic heterocycles. The normalized spacial score (nSPS) is 13.7. The smallest absolute Gasteiger partial charge is 0.248 e. The maximum absolute atomic E-state index is 12.6. The van der Waals surface area contributed by atoms with Crippen LogP contribution in [-0.2, 0) is 17.6 Å².